The summed E-state index contributed by atoms with van der Waals surface area (Å²) >= 11 is 0. The molecule has 0 radical (unpaired) electrons. The van der Waals surface area contributed by atoms with E-state index in [0.29, 0.717) is 38.5 Å². The average molecular weight is 1070 g/mol. The number of aliphatic hydroxyl groups excluding tert-OH is 14. The van der Waals surface area contributed by atoms with Gasteiger partial charge in [-0.1, -0.05) is 39.3 Å². The maximum Gasteiger partial charge on any atom is 0.187 e. The van der Waals surface area contributed by atoms with Crippen molar-refractivity contribution >= 4 is 0 Å². The van der Waals surface area contributed by atoms with Crippen LogP contribution in [0.3, 0.4) is 0 Å². The molecule has 8 aliphatic rings. The Bertz CT molecular complexity index is 1890. The Hall–Kier alpha value is -1.14. The highest BCUT2D eigenvalue weighted by molar-refractivity contribution is 5.17. The third kappa shape index (κ3) is 10.6. The average Bonchev–Trinajstić information content (AvgIpc) is 3.87. The maximum atomic E-state index is 12.7. The van der Waals surface area contributed by atoms with Crippen LogP contribution in [0.1, 0.15) is 106 Å². The second-order valence-corrected chi connectivity index (χ2v) is 24.6. The third-order valence-electron chi connectivity index (χ3n) is 19.7. The lowest BCUT2D eigenvalue weighted by Gasteiger charge is -2.66. The zero-order chi connectivity index (χ0) is 54.1. The van der Waals surface area contributed by atoms with Crippen LogP contribution in [-0.2, 0) is 37.9 Å². The first-order valence-electron chi connectivity index (χ1n) is 26.9. The van der Waals surface area contributed by atoms with E-state index in [1.807, 2.05) is 20.8 Å². The first kappa shape index (κ1) is 59.0. The molecule has 8 rings (SSSR count). The van der Waals surface area contributed by atoms with Gasteiger partial charge in [-0.15, -0.1) is 0 Å². The van der Waals surface area contributed by atoms with E-state index >= 15 is 0 Å². The molecule has 29 atom stereocenters. The Labute approximate surface area is 433 Å². The van der Waals surface area contributed by atoms with Crippen molar-refractivity contribution in [1.29, 1.82) is 0 Å². The van der Waals surface area contributed by atoms with Crippen molar-refractivity contribution in [2.24, 2.45) is 45.8 Å². The highest BCUT2D eigenvalue weighted by atomic mass is 16.8. The molecule has 4 saturated carbocycles. The van der Waals surface area contributed by atoms with E-state index in [0.717, 1.165) is 24.8 Å². The Morgan fingerprint density at radius 1 is 0.568 bits per heavy atom. The van der Waals surface area contributed by atoms with Crippen molar-refractivity contribution in [2.75, 3.05) is 26.4 Å². The molecule has 22 heteroatoms. The lowest BCUT2D eigenvalue weighted by molar-refractivity contribution is -0.378. The summed E-state index contributed by atoms with van der Waals surface area (Å²) in [5.41, 5.74) is -1.07. The van der Waals surface area contributed by atoms with Crippen LogP contribution in [0.4, 0.5) is 0 Å². The van der Waals surface area contributed by atoms with Crippen LogP contribution in [0.2, 0.25) is 0 Å². The smallest absolute Gasteiger partial charge is 0.187 e. The highest BCUT2D eigenvalue weighted by Crippen LogP contribution is 2.71. The van der Waals surface area contributed by atoms with Gasteiger partial charge in [0.25, 0.3) is 0 Å². The molecule has 74 heavy (non-hydrogen) atoms. The fraction of sp³-hybridized carbons (Fsp3) is 0.962. The fourth-order valence-electron chi connectivity index (χ4n) is 15.6. The van der Waals surface area contributed by atoms with Crippen LogP contribution < -0.4 is 0 Å². The molecule has 0 bridgehead atoms. The van der Waals surface area contributed by atoms with Gasteiger partial charge in [0.05, 0.1) is 44.2 Å². The molecule has 0 aromatic heterocycles. The van der Waals surface area contributed by atoms with Gasteiger partial charge in [-0.05, 0) is 124 Å². The quantitative estimate of drug-likeness (QED) is 0.0590. The van der Waals surface area contributed by atoms with E-state index in [9.17, 15) is 71.5 Å². The first-order chi connectivity index (χ1) is 34.8. The van der Waals surface area contributed by atoms with Gasteiger partial charge in [0, 0.05) is 0 Å². The van der Waals surface area contributed by atoms with Gasteiger partial charge in [-0.2, -0.15) is 0 Å². The predicted octanol–water partition coefficient (Wildman–Crippen LogP) is -1.95. The second kappa shape index (κ2) is 22.8. The van der Waals surface area contributed by atoms with E-state index in [4.69, 9.17) is 37.9 Å². The molecule has 8 fully saturated rings. The molecule has 428 valence electrons. The molecule has 0 aromatic carbocycles. The van der Waals surface area contributed by atoms with Crippen LogP contribution >= 0.6 is 0 Å². The topological polar surface area (TPSA) is 357 Å². The van der Waals surface area contributed by atoms with Crippen molar-refractivity contribution in [3.8, 4) is 0 Å². The number of aliphatic hydroxyl groups is 14. The lowest BCUT2D eigenvalue weighted by atomic mass is 9.39. The number of fused-ring (bicyclic) bond motifs is 5. The van der Waals surface area contributed by atoms with Gasteiger partial charge in [-0.25, -0.2) is 0 Å². The maximum absolute atomic E-state index is 12.7. The summed E-state index contributed by atoms with van der Waals surface area (Å²) in [6, 6.07) is 0. The molecule has 0 spiro atoms. The fourth-order valence-corrected chi connectivity index (χ4v) is 15.6. The minimum absolute atomic E-state index is 0.0723. The number of allylic oxidation sites excluding steroid dienone is 2. The number of hydrogen-bond acceptors (Lipinski definition) is 22. The van der Waals surface area contributed by atoms with Gasteiger partial charge < -0.3 is 109 Å². The third-order valence-corrected chi connectivity index (χ3v) is 19.7. The molecule has 22 nitrogen and oxygen atoms in total. The normalized spacial score (nSPS) is 52.1. The zero-order valence-corrected chi connectivity index (χ0v) is 43.8. The molecule has 0 aromatic rings. The largest absolute Gasteiger partial charge is 0.394 e. The monoisotopic (exact) mass is 1060 g/mol. The molecule has 4 aliphatic heterocycles. The molecular weight excluding hydrogens is 977 g/mol. The molecule has 4 saturated heterocycles. The van der Waals surface area contributed by atoms with Crippen molar-refractivity contribution in [3.63, 3.8) is 0 Å². The van der Waals surface area contributed by atoms with Gasteiger partial charge in [-0.3, -0.25) is 0 Å². The van der Waals surface area contributed by atoms with E-state index in [1.54, 1.807) is 0 Å². The van der Waals surface area contributed by atoms with Crippen LogP contribution in [0.25, 0.3) is 0 Å². The molecule has 4 unspecified atom stereocenters. The summed E-state index contributed by atoms with van der Waals surface area (Å²) in [6.45, 7) is 12.5. The van der Waals surface area contributed by atoms with Crippen LogP contribution in [0, 0.1) is 45.8 Å². The van der Waals surface area contributed by atoms with Crippen molar-refractivity contribution in [2.45, 2.75) is 241 Å². The second-order valence-electron chi connectivity index (χ2n) is 24.6. The van der Waals surface area contributed by atoms with Gasteiger partial charge in [0.15, 0.2) is 25.2 Å². The SMILES string of the molecule is CC(C)=CCC[C@](C)(O[C@H]1O[C@H](CO[C@@H]2O[C@@H](CO)[C@H](O)[C@H]2O)[C@@H](O)[C@H](O)[C@H]1O)[C@H]1CC[C@]2(C)C3CCC4C(C)(C)[C@H](O[C@@H]5O[C@H](CO)[C@@H](O)[C@H](O)[C@H]5O[C@@H]5O[C@H](CO)[C@@H](O)[C@H](O)[C@H]5O)CC[C@]4(C)C3C[C@H](O)C12. The zero-order valence-electron chi connectivity index (χ0n) is 43.8. The summed E-state index contributed by atoms with van der Waals surface area (Å²) in [5, 5.41) is 151. The van der Waals surface area contributed by atoms with Gasteiger partial charge in [0.2, 0.25) is 0 Å². The van der Waals surface area contributed by atoms with Crippen molar-refractivity contribution in [1.82, 2.24) is 0 Å². The van der Waals surface area contributed by atoms with E-state index in [-0.39, 0.29) is 40.4 Å². The van der Waals surface area contributed by atoms with Crippen LogP contribution in [-0.4, -0.2) is 232 Å². The van der Waals surface area contributed by atoms with Crippen LogP contribution in [0.15, 0.2) is 11.6 Å². The Morgan fingerprint density at radius 2 is 1.09 bits per heavy atom. The molecule has 0 amide bonds. The number of hydrogen-bond donors (Lipinski definition) is 14. The van der Waals surface area contributed by atoms with Gasteiger partial charge in [0.1, 0.15) is 91.6 Å². The standard InChI is InChI=1S/C52H88O22/c1-22(2)9-8-14-52(7,74-47-43(66)39(62)37(60)30(71-47)21-67-45-41(64)36(59)29(20-55)68-45)24-12-15-51(6)23-10-11-31-49(3,4)32(13-16-50(31,5)25(23)17-26(56)33(24)51)72-48-44(40(63)35(58)28(19-54)70-48)73-46-42(65)38(61)34(57)27(18-53)69-46/h9,23-48,53-66H,8,10-21H2,1-7H3/t23?,24-,25?,26-,27+,28+,29-,30+,31?,32+,33?,34+,35+,36-,37+,38-,39-,40-,41+,42+,43+,44+,45+,46-,47+,48-,50+,51+,52-/m0/s1. The summed E-state index contributed by atoms with van der Waals surface area (Å²) in [7, 11) is 0. The van der Waals surface area contributed by atoms with Gasteiger partial charge >= 0.3 is 0 Å². The highest BCUT2D eigenvalue weighted by Gasteiger charge is 2.68. The van der Waals surface area contributed by atoms with E-state index in [2.05, 4.69) is 33.8 Å². The Morgan fingerprint density at radius 3 is 1.72 bits per heavy atom. The van der Waals surface area contributed by atoms with Crippen molar-refractivity contribution < 1.29 is 109 Å². The minimum atomic E-state index is -1.81. The lowest BCUT2D eigenvalue weighted by Crippen LogP contribution is -2.66. The minimum Gasteiger partial charge on any atom is -0.394 e. The summed E-state index contributed by atoms with van der Waals surface area (Å²) in [5.74, 6) is -0.0532. The van der Waals surface area contributed by atoms with Crippen molar-refractivity contribution in [3.05, 3.63) is 11.6 Å². The molecule has 14 N–H and O–H groups in total. The first-order valence-corrected chi connectivity index (χ1v) is 26.9. The number of ether oxygens (including phenoxy) is 8. The van der Waals surface area contributed by atoms with E-state index in [1.165, 1.54) is 0 Å². The van der Waals surface area contributed by atoms with E-state index < -0.39 is 166 Å². The summed E-state index contributed by atoms with van der Waals surface area (Å²) < 4.78 is 48.7. The Balaban J connectivity index is 0.993. The Kier molecular flexibility index (Phi) is 18.2. The molecular formula is C52H88O22. The number of rotatable bonds is 16. The van der Waals surface area contributed by atoms with Crippen LogP contribution in [0.5, 0.6) is 0 Å². The predicted molar refractivity (Wildman–Crippen MR) is 256 cm³/mol. The molecule has 4 heterocycles. The summed E-state index contributed by atoms with van der Waals surface area (Å²) in [4.78, 5) is 0. The molecule has 4 aliphatic carbocycles. The summed E-state index contributed by atoms with van der Waals surface area (Å²) in [6.07, 6.45) is -21.9.